The van der Waals surface area contributed by atoms with Crippen molar-refractivity contribution in [1.82, 2.24) is 0 Å². The number of carbonyl (C=O) groups excluding carboxylic acids is 1. The van der Waals surface area contributed by atoms with Gasteiger partial charge in [-0.2, -0.15) is 0 Å². The van der Waals surface area contributed by atoms with Gasteiger partial charge in [0.05, 0.1) is 0 Å². The van der Waals surface area contributed by atoms with Crippen LogP contribution in [-0.4, -0.2) is 6.16 Å². The molecule has 0 aromatic carbocycles. The Kier molecular flexibility index (Phi) is 53.6. The summed E-state index contributed by atoms with van der Waals surface area (Å²) in [6.45, 7) is 0. The molecule has 0 bridgehead atoms. The minimum absolute atomic E-state index is 0. The van der Waals surface area contributed by atoms with Gasteiger partial charge in [0.2, 0.25) is 0 Å². The molecule has 0 N–H and O–H groups in total. The van der Waals surface area contributed by atoms with Crippen molar-refractivity contribution < 1.29 is 81.2 Å². The maximum Gasteiger partial charge on any atom is 1.00 e. The molecule has 0 atom stereocenters. The first kappa shape index (κ1) is 24.0. The summed E-state index contributed by atoms with van der Waals surface area (Å²) < 4.78 is 0. The minimum Gasteiger partial charge on any atom is -2.00 e. The second-order valence-corrected chi connectivity index (χ2v) is 0.250. The maximum atomic E-state index is 8.33. The van der Waals surface area contributed by atoms with E-state index in [2.05, 4.69) is 0 Å². The zero-order valence-electron chi connectivity index (χ0n) is 3.63. The van der Waals surface area contributed by atoms with Gasteiger partial charge in [-0.1, -0.05) is 0 Å². The topological polar surface area (TPSA) is 91.7 Å². The third kappa shape index (κ3) is 124. The molecule has 0 amide bonds. The summed E-state index contributed by atoms with van der Waals surface area (Å²) >= 11 is 0. The summed E-state index contributed by atoms with van der Waals surface area (Å²) in [6.07, 6.45) is -2.33. The summed E-state index contributed by atoms with van der Waals surface area (Å²) in [7, 11) is 0. The van der Waals surface area contributed by atoms with Gasteiger partial charge < -0.3 is 20.5 Å². The van der Waals surface area contributed by atoms with Crippen molar-refractivity contribution in [2.75, 3.05) is 0 Å². The van der Waals surface area contributed by atoms with Crippen molar-refractivity contribution in [2.45, 2.75) is 0 Å². The van der Waals surface area contributed by atoms with Crippen molar-refractivity contribution in [3.8, 4) is 0 Å². The van der Waals surface area contributed by atoms with Crippen LogP contribution in [0, 0.1) is 31.1 Å². The van der Waals surface area contributed by atoms with E-state index < -0.39 is 6.16 Å². The molecule has 4 nitrogen and oxygen atoms in total. The Morgan fingerprint density at radius 3 is 1.29 bits per heavy atom. The van der Waals surface area contributed by atoms with Gasteiger partial charge in [0, 0.05) is 31.1 Å². The molecule has 0 heterocycles. The fraction of sp³-hybridized carbons (Fsp3) is 0. The van der Waals surface area contributed by atoms with Crippen LogP contribution in [0.3, 0.4) is 0 Å². The van der Waals surface area contributed by atoms with Gasteiger partial charge in [0.25, 0.3) is 0 Å². The molecule has 36 valence electrons. The summed E-state index contributed by atoms with van der Waals surface area (Å²) in [5.74, 6) is 0. The van der Waals surface area contributed by atoms with E-state index in [0.29, 0.717) is 0 Å². The third-order valence-electron chi connectivity index (χ3n) is 0. The van der Waals surface area contributed by atoms with E-state index in [1.807, 2.05) is 0 Å². The molecule has 0 radical (unpaired) electrons. The van der Waals surface area contributed by atoms with Crippen LogP contribution in [0.25, 0.3) is 0 Å². The molecule has 0 fully saturated rings. The number of carboxylic acid groups (broad SMARTS) is 2. The van der Waals surface area contributed by atoms with Crippen LogP contribution in [0.2, 0.25) is 0 Å². The van der Waals surface area contributed by atoms with Gasteiger partial charge in [-0.05, 0) is 6.16 Å². The number of hydrogen-bond acceptors (Lipinski definition) is 3. The molecular formula is CNaO4U-3. The molecular weight excluding hydrogens is 337 g/mol. The minimum atomic E-state index is -2.33. The fourth-order valence-corrected chi connectivity index (χ4v) is 0. The summed E-state index contributed by atoms with van der Waals surface area (Å²) in [5, 5.41) is 16.7. The normalized spacial score (nSPS) is 3.43. The summed E-state index contributed by atoms with van der Waals surface area (Å²) in [6, 6.07) is 0. The number of rotatable bonds is 0. The monoisotopic (exact) mass is 337 g/mol. The van der Waals surface area contributed by atoms with Gasteiger partial charge in [0.15, 0.2) is 0 Å². The Morgan fingerprint density at radius 1 is 1.29 bits per heavy atom. The van der Waals surface area contributed by atoms with Crippen LogP contribution >= 0.6 is 0 Å². The van der Waals surface area contributed by atoms with Crippen molar-refractivity contribution >= 4 is 6.16 Å². The van der Waals surface area contributed by atoms with Crippen LogP contribution in [0.5, 0.6) is 0 Å². The van der Waals surface area contributed by atoms with Gasteiger partial charge in [-0.3, -0.25) is 0 Å². The molecule has 7 heavy (non-hydrogen) atoms. The summed E-state index contributed by atoms with van der Waals surface area (Å²) in [4.78, 5) is 8.33. The second-order valence-electron chi connectivity index (χ2n) is 0.250. The first-order valence-electron chi connectivity index (χ1n) is 0.612. The molecule has 0 rings (SSSR count). The first-order chi connectivity index (χ1) is 1.73. The van der Waals surface area contributed by atoms with Crippen LogP contribution in [0.1, 0.15) is 0 Å². The SMILES string of the molecule is O=C([O-])[O-].[Na+].[O-2].[U]. The smallest absolute Gasteiger partial charge is 1.00 e. The molecule has 0 aliphatic rings. The van der Waals surface area contributed by atoms with Gasteiger partial charge in [0.1, 0.15) is 0 Å². The third-order valence-corrected chi connectivity index (χ3v) is 0. The predicted molar refractivity (Wildman–Crippen MR) is 6.08 cm³/mol. The molecule has 0 unspecified atom stereocenters. The number of carbonyl (C=O) groups is 1. The Balaban J connectivity index is -0.0000000150. The van der Waals surface area contributed by atoms with Crippen molar-refractivity contribution in [3.05, 3.63) is 0 Å². The van der Waals surface area contributed by atoms with E-state index in [-0.39, 0.29) is 66.1 Å². The van der Waals surface area contributed by atoms with Crippen LogP contribution in [0.4, 0.5) is 4.79 Å². The molecule has 0 saturated heterocycles. The molecule has 0 aliphatic heterocycles. The van der Waals surface area contributed by atoms with Crippen molar-refractivity contribution in [2.24, 2.45) is 0 Å². The Labute approximate surface area is 86.3 Å². The zero-order valence-corrected chi connectivity index (χ0v) is 9.80. The maximum absolute atomic E-state index is 8.33. The summed E-state index contributed by atoms with van der Waals surface area (Å²) in [5.41, 5.74) is 0. The molecule has 0 aromatic rings. The standard InChI is InChI=1S/CH2O3.Na.O.U/c2-1(3)4;;;/h(H2,2,3,4);;;/q;+1;-2;/p-2. The Bertz CT molecular complexity index is 34.7. The molecule has 6 heteroatoms. The van der Waals surface area contributed by atoms with E-state index in [0.717, 1.165) is 0 Å². The molecule has 0 aliphatic carbocycles. The van der Waals surface area contributed by atoms with E-state index in [1.54, 1.807) is 0 Å². The van der Waals surface area contributed by atoms with E-state index in [4.69, 9.17) is 15.0 Å². The predicted octanol–water partition coefficient (Wildman–Crippen LogP) is -5.56. The molecule has 0 aromatic heterocycles. The van der Waals surface area contributed by atoms with Gasteiger partial charge >= 0.3 is 29.6 Å². The fourth-order valence-electron chi connectivity index (χ4n) is 0. The van der Waals surface area contributed by atoms with E-state index >= 15 is 0 Å². The van der Waals surface area contributed by atoms with E-state index in [1.165, 1.54) is 0 Å². The largest absolute Gasteiger partial charge is 2.00 e. The average Bonchev–Trinajstić information content (AvgIpc) is 0.811. The quantitative estimate of drug-likeness (QED) is 0.413. The Morgan fingerprint density at radius 2 is 1.29 bits per heavy atom. The van der Waals surface area contributed by atoms with Crippen LogP contribution in [0.15, 0.2) is 0 Å². The first-order valence-corrected chi connectivity index (χ1v) is 0.612. The van der Waals surface area contributed by atoms with Crippen LogP contribution < -0.4 is 39.8 Å². The Hall–Kier alpha value is 1.28. The number of hydrogen-bond donors (Lipinski definition) is 0. The van der Waals surface area contributed by atoms with E-state index in [9.17, 15) is 0 Å². The molecule has 0 spiro atoms. The average molecular weight is 337 g/mol. The second kappa shape index (κ2) is 15.7. The van der Waals surface area contributed by atoms with Crippen molar-refractivity contribution in [1.29, 1.82) is 0 Å². The van der Waals surface area contributed by atoms with Crippen molar-refractivity contribution in [3.63, 3.8) is 0 Å². The molecule has 0 saturated carbocycles. The van der Waals surface area contributed by atoms with Gasteiger partial charge in [-0.25, -0.2) is 0 Å². The van der Waals surface area contributed by atoms with Crippen LogP contribution in [-0.2, 0) is 5.48 Å². The zero-order chi connectivity index (χ0) is 3.58. The van der Waals surface area contributed by atoms with Gasteiger partial charge in [-0.15, -0.1) is 0 Å².